The molecule has 106 valence electrons. The molecule has 1 aliphatic rings. The molecule has 0 aliphatic carbocycles. The van der Waals surface area contributed by atoms with E-state index in [-0.39, 0.29) is 18.2 Å². The van der Waals surface area contributed by atoms with Crippen LogP contribution in [0.2, 0.25) is 0 Å². The van der Waals surface area contributed by atoms with Gasteiger partial charge in [-0.25, -0.2) is 4.79 Å². The Morgan fingerprint density at radius 3 is 2.35 bits per heavy atom. The Labute approximate surface area is 115 Å². The van der Waals surface area contributed by atoms with Crippen molar-refractivity contribution in [2.24, 2.45) is 5.41 Å². The lowest BCUT2D eigenvalue weighted by molar-refractivity contribution is -0.139. The Balaban J connectivity index is 2.16. The monoisotopic (exact) mass is 277 g/mol. The summed E-state index contributed by atoms with van der Waals surface area (Å²) in [6, 6.07) is 6.19. The summed E-state index contributed by atoms with van der Waals surface area (Å²) in [5.74, 6) is -1.17. The van der Waals surface area contributed by atoms with E-state index in [0.717, 1.165) is 4.90 Å². The minimum absolute atomic E-state index is 0.184. The Bertz CT molecular complexity index is 561. The van der Waals surface area contributed by atoms with E-state index in [0.29, 0.717) is 11.4 Å². The number of anilines is 1. The first-order valence-corrected chi connectivity index (χ1v) is 6.13. The molecule has 0 saturated carbocycles. The van der Waals surface area contributed by atoms with Crippen molar-refractivity contribution in [2.45, 2.75) is 20.3 Å². The molecule has 0 aromatic heterocycles. The lowest BCUT2D eigenvalue weighted by Gasteiger charge is -2.18. The molecule has 1 aromatic rings. The first-order valence-electron chi connectivity index (χ1n) is 6.13. The highest BCUT2D eigenvalue weighted by Gasteiger charge is 2.45. The number of carbonyl (C=O) groups excluding carboxylic acids is 2. The van der Waals surface area contributed by atoms with Crippen LogP contribution in [0.3, 0.4) is 0 Å². The molecule has 20 heavy (non-hydrogen) atoms. The van der Waals surface area contributed by atoms with Gasteiger partial charge in [0.15, 0.2) is 6.61 Å². The number of imide groups is 1. The standard InChI is InChI=1S/C14H15NO5/c1-14(2)7-11(16)15(13(14)19)9-3-5-10(6-4-9)20-8-12(17)18/h3-6H,7-8H2,1-2H3,(H,17,18). The van der Waals surface area contributed by atoms with E-state index < -0.39 is 18.0 Å². The van der Waals surface area contributed by atoms with Crippen LogP contribution in [0.5, 0.6) is 5.75 Å². The van der Waals surface area contributed by atoms with E-state index in [1.165, 1.54) is 12.1 Å². The maximum absolute atomic E-state index is 12.1. The average molecular weight is 277 g/mol. The molecular formula is C14H15NO5. The second kappa shape index (κ2) is 4.96. The fourth-order valence-corrected chi connectivity index (χ4v) is 2.05. The van der Waals surface area contributed by atoms with E-state index >= 15 is 0 Å². The fourth-order valence-electron chi connectivity index (χ4n) is 2.05. The summed E-state index contributed by atoms with van der Waals surface area (Å²) in [5.41, 5.74) is -0.219. The molecule has 1 aromatic carbocycles. The molecule has 0 radical (unpaired) electrons. The Morgan fingerprint density at radius 1 is 1.30 bits per heavy atom. The molecule has 0 bridgehead atoms. The number of amides is 2. The highest BCUT2D eigenvalue weighted by atomic mass is 16.5. The number of carboxylic acids is 1. The Morgan fingerprint density at radius 2 is 1.90 bits per heavy atom. The van der Waals surface area contributed by atoms with Gasteiger partial charge < -0.3 is 9.84 Å². The quantitative estimate of drug-likeness (QED) is 0.842. The number of nitrogens with zero attached hydrogens (tertiary/aromatic N) is 1. The van der Waals surface area contributed by atoms with E-state index in [1.807, 2.05) is 0 Å². The van der Waals surface area contributed by atoms with Crippen LogP contribution in [-0.4, -0.2) is 29.5 Å². The molecule has 1 heterocycles. The maximum Gasteiger partial charge on any atom is 0.341 e. The van der Waals surface area contributed by atoms with Gasteiger partial charge in [-0.2, -0.15) is 0 Å². The summed E-state index contributed by atoms with van der Waals surface area (Å²) in [4.78, 5) is 35.6. The minimum Gasteiger partial charge on any atom is -0.482 e. The van der Waals surface area contributed by atoms with E-state index in [4.69, 9.17) is 9.84 Å². The minimum atomic E-state index is -1.07. The van der Waals surface area contributed by atoms with Crippen LogP contribution in [0, 0.1) is 5.41 Å². The maximum atomic E-state index is 12.1. The number of carboxylic acid groups (broad SMARTS) is 1. The van der Waals surface area contributed by atoms with Crippen molar-refractivity contribution in [3.63, 3.8) is 0 Å². The third-order valence-corrected chi connectivity index (χ3v) is 3.08. The average Bonchev–Trinajstić information content (AvgIpc) is 2.57. The number of benzene rings is 1. The van der Waals surface area contributed by atoms with Crippen LogP contribution in [0.15, 0.2) is 24.3 Å². The van der Waals surface area contributed by atoms with Gasteiger partial charge in [0.25, 0.3) is 0 Å². The lowest BCUT2D eigenvalue weighted by Crippen LogP contribution is -2.32. The Hall–Kier alpha value is -2.37. The first-order chi connectivity index (χ1) is 9.31. The van der Waals surface area contributed by atoms with Gasteiger partial charge in [0, 0.05) is 6.42 Å². The summed E-state index contributed by atoms with van der Waals surface area (Å²) >= 11 is 0. The van der Waals surface area contributed by atoms with Crippen LogP contribution >= 0.6 is 0 Å². The van der Waals surface area contributed by atoms with Crippen molar-refractivity contribution in [1.29, 1.82) is 0 Å². The molecule has 1 saturated heterocycles. The molecule has 6 nitrogen and oxygen atoms in total. The number of aliphatic carboxylic acids is 1. The largest absolute Gasteiger partial charge is 0.482 e. The molecule has 0 unspecified atom stereocenters. The van der Waals surface area contributed by atoms with Crippen LogP contribution in [0.4, 0.5) is 5.69 Å². The van der Waals surface area contributed by atoms with Crippen molar-refractivity contribution >= 4 is 23.5 Å². The topological polar surface area (TPSA) is 83.9 Å². The molecule has 1 fully saturated rings. The fraction of sp³-hybridized carbons (Fsp3) is 0.357. The lowest BCUT2D eigenvalue weighted by atomic mass is 9.92. The Kier molecular flexibility index (Phi) is 3.48. The second-order valence-corrected chi connectivity index (χ2v) is 5.27. The molecule has 1 N–H and O–H groups in total. The zero-order valence-corrected chi connectivity index (χ0v) is 11.3. The van der Waals surface area contributed by atoms with Crippen molar-refractivity contribution < 1.29 is 24.2 Å². The van der Waals surface area contributed by atoms with E-state index in [9.17, 15) is 14.4 Å². The highest BCUT2D eigenvalue weighted by molar-refractivity contribution is 6.22. The highest BCUT2D eigenvalue weighted by Crippen LogP contribution is 2.35. The normalized spacial score (nSPS) is 17.4. The van der Waals surface area contributed by atoms with Crippen LogP contribution < -0.4 is 9.64 Å². The van der Waals surface area contributed by atoms with Crippen LogP contribution in [0.25, 0.3) is 0 Å². The summed E-state index contributed by atoms with van der Waals surface area (Å²) < 4.78 is 4.99. The number of hydrogen-bond donors (Lipinski definition) is 1. The third kappa shape index (κ3) is 2.64. The molecule has 2 amide bonds. The molecule has 2 rings (SSSR count). The zero-order valence-electron chi connectivity index (χ0n) is 11.3. The zero-order chi connectivity index (χ0) is 14.9. The van der Waals surface area contributed by atoms with Gasteiger partial charge in [0.05, 0.1) is 11.1 Å². The summed E-state index contributed by atoms with van der Waals surface area (Å²) in [6.45, 7) is 3.03. The van der Waals surface area contributed by atoms with Gasteiger partial charge in [-0.1, -0.05) is 13.8 Å². The van der Waals surface area contributed by atoms with E-state index in [1.54, 1.807) is 26.0 Å². The van der Waals surface area contributed by atoms with Crippen molar-refractivity contribution in [2.75, 3.05) is 11.5 Å². The summed E-state index contributed by atoms with van der Waals surface area (Å²) in [6.07, 6.45) is 0.184. The van der Waals surface area contributed by atoms with Crippen LogP contribution in [0.1, 0.15) is 20.3 Å². The van der Waals surface area contributed by atoms with Gasteiger partial charge >= 0.3 is 5.97 Å². The van der Waals surface area contributed by atoms with Crippen LogP contribution in [-0.2, 0) is 14.4 Å². The first kappa shape index (κ1) is 14.0. The van der Waals surface area contributed by atoms with E-state index in [2.05, 4.69) is 0 Å². The smallest absolute Gasteiger partial charge is 0.341 e. The molecule has 1 aliphatic heterocycles. The van der Waals surface area contributed by atoms with Crippen molar-refractivity contribution in [3.05, 3.63) is 24.3 Å². The summed E-state index contributed by atoms with van der Waals surface area (Å²) in [5, 5.41) is 8.51. The predicted molar refractivity (Wildman–Crippen MR) is 70.5 cm³/mol. The number of hydrogen-bond acceptors (Lipinski definition) is 4. The van der Waals surface area contributed by atoms with Gasteiger partial charge in [0.2, 0.25) is 11.8 Å². The second-order valence-electron chi connectivity index (χ2n) is 5.27. The molecular weight excluding hydrogens is 262 g/mol. The number of ether oxygens (including phenoxy) is 1. The SMILES string of the molecule is CC1(C)CC(=O)N(c2ccc(OCC(=O)O)cc2)C1=O. The predicted octanol–water partition coefficient (Wildman–Crippen LogP) is 1.44. The molecule has 0 spiro atoms. The van der Waals surface area contributed by atoms with Crippen molar-refractivity contribution in [3.8, 4) is 5.75 Å². The molecule has 6 heteroatoms. The number of rotatable bonds is 4. The van der Waals surface area contributed by atoms with Gasteiger partial charge in [-0.05, 0) is 24.3 Å². The van der Waals surface area contributed by atoms with Gasteiger partial charge in [0.1, 0.15) is 5.75 Å². The number of carbonyl (C=O) groups is 3. The van der Waals surface area contributed by atoms with Gasteiger partial charge in [-0.15, -0.1) is 0 Å². The van der Waals surface area contributed by atoms with Gasteiger partial charge in [-0.3, -0.25) is 14.5 Å². The summed E-state index contributed by atoms with van der Waals surface area (Å²) in [7, 11) is 0. The molecule has 0 atom stereocenters. The third-order valence-electron chi connectivity index (χ3n) is 3.08. The van der Waals surface area contributed by atoms with Crippen molar-refractivity contribution in [1.82, 2.24) is 0 Å².